The summed E-state index contributed by atoms with van der Waals surface area (Å²) in [5.74, 6) is -1.63. The molecule has 1 atom stereocenters. The SMILES string of the molecule is CNC1COCCN1c1c(F)cn2c(=O)c(C(=O)O)cc(C3CC3)c2c1C.Cl. The third kappa shape index (κ3) is 3.25. The number of morpholine rings is 1. The Balaban J connectivity index is 0.00000225. The number of hydrogen-bond acceptors (Lipinski definition) is 5. The van der Waals surface area contributed by atoms with Crippen LogP contribution in [0.5, 0.6) is 0 Å². The number of hydrogen-bond donors (Lipinski definition) is 2. The van der Waals surface area contributed by atoms with Gasteiger partial charge in [0, 0.05) is 6.54 Å². The van der Waals surface area contributed by atoms with Gasteiger partial charge in [0.05, 0.1) is 30.6 Å². The molecule has 7 nitrogen and oxygen atoms in total. The first-order valence-corrected chi connectivity index (χ1v) is 9.07. The van der Waals surface area contributed by atoms with Crippen molar-refractivity contribution in [3.63, 3.8) is 0 Å². The summed E-state index contributed by atoms with van der Waals surface area (Å²) in [4.78, 5) is 26.1. The molecule has 1 aliphatic heterocycles. The number of carboxylic acids is 1. The van der Waals surface area contributed by atoms with E-state index in [1.54, 1.807) is 14.0 Å². The highest BCUT2D eigenvalue weighted by Crippen LogP contribution is 2.44. The summed E-state index contributed by atoms with van der Waals surface area (Å²) in [5, 5.41) is 12.5. The first kappa shape index (κ1) is 20.6. The van der Waals surface area contributed by atoms with Crippen molar-refractivity contribution in [1.29, 1.82) is 0 Å². The molecule has 2 N–H and O–H groups in total. The molecule has 0 radical (unpaired) electrons. The first-order valence-electron chi connectivity index (χ1n) is 9.07. The van der Waals surface area contributed by atoms with Gasteiger partial charge in [-0.15, -0.1) is 12.4 Å². The van der Waals surface area contributed by atoms with Gasteiger partial charge in [-0.25, -0.2) is 9.18 Å². The molecule has 28 heavy (non-hydrogen) atoms. The van der Waals surface area contributed by atoms with E-state index in [-0.39, 0.29) is 30.1 Å². The first-order chi connectivity index (χ1) is 12.9. The zero-order valence-corrected chi connectivity index (χ0v) is 16.5. The number of fused-ring (bicyclic) bond motifs is 1. The molecule has 1 unspecified atom stereocenters. The minimum atomic E-state index is -1.29. The van der Waals surface area contributed by atoms with Gasteiger partial charge in [-0.1, -0.05) is 0 Å². The standard InChI is InChI=1S/C19H22FN3O4.ClH/c1-10-16-12(11-3-4-11)7-13(19(25)26)18(24)23(16)8-14(20)17(10)22-5-6-27-9-15(22)21-2;/h7-8,11,15,21H,3-6,9H2,1-2H3,(H,25,26);1H. The van der Waals surface area contributed by atoms with Crippen LogP contribution in [-0.4, -0.2) is 48.4 Å². The lowest BCUT2D eigenvalue weighted by atomic mass is 10.0. The zero-order chi connectivity index (χ0) is 19.3. The Morgan fingerprint density at radius 1 is 1.39 bits per heavy atom. The molecule has 2 aromatic rings. The Bertz CT molecular complexity index is 990. The molecule has 0 spiro atoms. The van der Waals surface area contributed by atoms with E-state index >= 15 is 4.39 Å². The van der Waals surface area contributed by atoms with Crippen molar-refractivity contribution < 1.29 is 19.0 Å². The molecule has 3 heterocycles. The number of likely N-dealkylation sites (N-methyl/N-ethyl adjacent to an activating group) is 1. The molecule has 1 saturated carbocycles. The molecule has 4 rings (SSSR count). The fraction of sp³-hybridized carbons (Fsp3) is 0.474. The Hall–Kier alpha value is -2.16. The molecule has 2 aromatic heterocycles. The zero-order valence-electron chi connectivity index (χ0n) is 15.7. The monoisotopic (exact) mass is 411 g/mol. The second kappa shape index (κ2) is 7.69. The molecule has 9 heteroatoms. The van der Waals surface area contributed by atoms with Crippen LogP contribution in [0.3, 0.4) is 0 Å². The Morgan fingerprint density at radius 3 is 2.71 bits per heavy atom. The second-order valence-electron chi connectivity index (χ2n) is 7.14. The van der Waals surface area contributed by atoms with Crippen LogP contribution in [0.2, 0.25) is 0 Å². The van der Waals surface area contributed by atoms with Gasteiger partial charge in [-0.2, -0.15) is 0 Å². The number of rotatable bonds is 4. The van der Waals surface area contributed by atoms with Gasteiger partial charge in [0.15, 0.2) is 5.82 Å². The number of aromatic nitrogens is 1. The number of carboxylic acid groups (broad SMARTS) is 1. The van der Waals surface area contributed by atoms with Crippen LogP contribution in [0, 0.1) is 12.7 Å². The van der Waals surface area contributed by atoms with E-state index in [0.29, 0.717) is 36.5 Å². The van der Waals surface area contributed by atoms with E-state index in [9.17, 15) is 14.7 Å². The summed E-state index contributed by atoms with van der Waals surface area (Å²) < 4.78 is 21.8. The lowest BCUT2D eigenvalue weighted by molar-refractivity contribution is 0.0694. The van der Waals surface area contributed by atoms with Gasteiger partial charge in [-0.3, -0.25) is 14.5 Å². The lowest BCUT2D eigenvalue weighted by Crippen LogP contribution is -2.53. The molecule has 0 bridgehead atoms. The van der Waals surface area contributed by atoms with Crippen LogP contribution < -0.4 is 15.8 Å². The highest BCUT2D eigenvalue weighted by molar-refractivity contribution is 5.89. The van der Waals surface area contributed by atoms with E-state index in [1.807, 2.05) is 4.90 Å². The van der Waals surface area contributed by atoms with Gasteiger partial charge in [0.25, 0.3) is 5.56 Å². The maximum Gasteiger partial charge on any atom is 0.341 e. The van der Waals surface area contributed by atoms with E-state index in [2.05, 4.69) is 5.32 Å². The quantitative estimate of drug-likeness (QED) is 0.802. The van der Waals surface area contributed by atoms with Crippen molar-refractivity contribution in [2.75, 3.05) is 31.7 Å². The van der Waals surface area contributed by atoms with Crippen molar-refractivity contribution in [3.8, 4) is 0 Å². The minimum Gasteiger partial charge on any atom is -0.477 e. The van der Waals surface area contributed by atoms with Crippen LogP contribution >= 0.6 is 12.4 Å². The summed E-state index contributed by atoms with van der Waals surface area (Å²) >= 11 is 0. The molecule has 152 valence electrons. The number of halogens is 2. The van der Waals surface area contributed by atoms with E-state index in [0.717, 1.165) is 24.6 Å². The topological polar surface area (TPSA) is 83.3 Å². The average Bonchev–Trinajstić information content (AvgIpc) is 3.47. The van der Waals surface area contributed by atoms with Crippen LogP contribution in [0.25, 0.3) is 5.52 Å². The van der Waals surface area contributed by atoms with Crippen molar-refractivity contribution in [2.45, 2.75) is 31.8 Å². The number of ether oxygens (including phenoxy) is 1. The van der Waals surface area contributed by atoms with Gasteiger partial charge >= 0.3 is 5.97 Å². The largest absolute Gasteiger partial charge is 0.477 e. The molecule has 2 aliphatic rings. The van der Waals surface area contributed by atoms with Crippen molar-refractivity contribution >= 4 is 29.6 Å². The van der Waals surface area contributed by atoms with Gasteiger partial charge in [-0.05, 0) is 49.9 Å². The number of nitrogens with zero attached hydrogens (tertiary/aromatic N) is 2. The Morgan fingerprint density at radius 2 is 2.11 bits per heavy atom. The second-order valence-corrected chi connectivity index (χ2v) is 7.14. The number of nitrogens with one attached hydrogen (secondary N) is 1. The number of anilines is 1. The summed E-state index contributed by atoms with van der Waals surface area (Å²) in [6.45, 7) is 3.24. The van der Waals surface area contributed by atoms with E-state index < -0.39 is 17.3 Å². The van der Waals surface area contributed by atoms with Crippen molar-refractivity contribution in [3.05, 3.63) is 45.1 Å². The summed E-state index contributed by atoms with van der Waals surface area (Å²) in [5.41, 5.74) is 1.48. The predicted molar refractivity (Wildman–Crippen MR) is 106 cm³/mol. The van der Waals surface area contributed by atoms with Crippen LogP contribution in [0.15, 0.2) is 17.1 Å². The van der Waals surface area contributed by atoms with Crippen molar-refractivity contribution in [1.82, 2.24) is 9.72 Å². The maximum atomic E-state index is 15.1. The molecule has 0 aromatic carbocycles. The molecule has 1 aliphatic carbocycles. The third-order valence-corrected chi connectivity index (χ3v) is 5.44. The number of aryl methyl sites for hydroxylation is 1. The summed E-state index contributed by atoms with van der Waals surface area (Å²) in [6, 6.07) is 1.47. The van der Waals surface area contributed by atoms with Crippen LogP contribution in [0.1, 0.15) is 40.2 Å². The summed E-state index contributed by atoms with van der Waals surface area (Å²) in [6.07, 6.45) is 2.83. The minimum absolute atomic E-state index is 0. The van der Waals surface area contributed by atoms with Crippen LogP contribution in [0.4, 0.5) is 10.1 Å². The third-order valence-electron chi connectivity index (χ3n) is 5.44. The highest BCUT2D eigenvalue weighted by atomic mass is 35.5. The Kier molecular flexibility index (Phi) is 5.65. The fourth-order valence-electron chi connectivity index (χ4n) is 3.96. The number of pyridine rings is 2. The van der Waals surface area contributed by atoms with E-state index in [1.165, 1.54) is 10.5 Å². The molecular weight excluding hydrogens is 389 g/mol. The summed E-state index contributed by atoms with van der Waals surface area (Å²) in [7, 11) is 1.79. The van der Waals surface area contributed by atoms with Crippen molar-refractivity contribution in [2.24, 2.45) is 0 Å². The molecule has 1 saturated heterocycles. The smallest absolute Gasteiger partial charge is 0.341 e. The lowest BCUT2D eigenvalue weighted by Gasteiger charge is -2.38. The Labute approximate surface area is 167 Å². The predicted octanol–water partition coefficient (Wildman–Crippen LogP) is 2.13. The molecule has 2 fully saturated rings. The normalized spacial score (nSPS) is 19.5. The van der Waals surface area contributed by atoms with Gasteiger partial charge in [0.2, 0.25) is 0 Å². The highest BCUT2D eigenvalue weighted by Gasteiger charge is 2.32. The number of carbonyl (C=O) groups is 1. The van der Waals surface area contributed by atoms with E-state index in [4.69, 9.17) is 4.74 Å². The van der Waals surface area contributed by atoms with Crippen LogP contribution in [-0.2, 0) is 4.74 Å². The number of aromatic carboxylic acids is 1. The molecular formula is C19H23ClFN3O4. The fourth-order valence-corrected chi connectivity index (χ4v) is 3.96. The van der Waals surface area contributed by atoms with Gasteiger partial charge in [0.1, 0.15) is 11.7 Å². The van der Waals surface area contributed by atoms with Gasteiger partial charge < -0.3 is 14.7 Å². The average molecular weight is 412 g/mol. The molecule has 0 amide bonds. The maximum absolute atomic E-state index is 15.1.